The summed E-state index contributed by atoms with van der Waals surface area (Å²) in [6.45, 7) is 9.37. The fourth-order valence-corrected chi connectivity index (χ4v) is 2.91. The zero-order valence-electron chi connectivity index (χ0n) is 12.4. The second-order valence-electron chi connectivity index (χ2n) is 6.92. The SMILES string of the molecule is CN1CCCC(Cc2ccc(C(C)(C)C)cc2)C1. The van der Waals surface area contributed by atoms with Crippen LogP contribution in [0.1, 0.15) is 44.7 Å². The van der Waals surface area contributed by atoms with Crippen molar-refractivity contribution < 1.29 is 0 Å². The minimum absolute atomic E-state index is 0.267. The zero-order chi connectivity index (χ0) is 13.2. The van der Waals surface area contributed by atoms with Gasteiger partial charge >= 0.3 is 0 Å². The average molecular weight is 245 g/mol. The summed E-state index contributed by atoms with van der Waals surface area (Å²) in [6, 6.07) is 9.27. The van der Waals surface area contributed by atoms with Gasteiger partial charge in [0.1, 0.15) is 0 Å². The van der Waals surface area contributed by atoms with Gasteiger partial charge in [-0.2, -0.15) is 0 Å². The number of hydrogen-bond acceptors (Lipinski definition) is 1. The lowest BCUT2D eigenvalue weighted by Gasteiger charge is -2.29. The molecular weight excluding hydrogens is 218 g/mol. The van der Waals surface area contributed by atoms with Gasteiger partial charge in [0.15, 0.2) is 0 Å². The molecule has 0 aliphatic carbocycles. The minimum atomic E-state index is 0.267. The lowest BCUT2D eigenvalue weighted by atomic mass is 9.85. The van der Waals surface area contributed by atoms with E-state index in [0.717, 1.165) is 5.92 Å². The van der Waals surface area contributed by atoms with Crippen molar-refractivity contribution in [3.8, 4) is 0 Å². The molecule has 0 spiro atoms. The molecule has 1 heteroatoms. The second kappa shape index (κ2) is 5.44. The Morgan fingerprint density at radius 2 is 1.83 bits per heavy atom. The van der Waals surface area contributed by atoms with E-state index in [1.165, 1.54) is 43.5 Å². The minimum Gasteiger partial charge on any atom is -0.306 e. The maximum atomic E-state index is 2.47. The molecule has 2 rings (SSSR count). The van der Waals surface area contributed by atoms with Crippen molar-refractivity contribution in [2.24, 2.45) is 5.92 Å². The molecule has 1 aromatic carbocycles. The second-order valence-corrected chi connectivity index (χ2v) is 6.92. The zero-order valence-corrected chi connectivity index (χ0v) is 12.4. The molecule has 1 unspecified atom stereocenters. The molecular formula is C17H27N. The topological polar surface area (TPSA) is 3.24 Å². The standard InChI is InChI=1S/C17H27N/c1-17(2,3)16-9-7-14(8-10-16)12-15-6-5-11-18(4)13-15/h7-10,15H,5-6,11-13H2,1-4H3. The van der Waals surface area contributed by atoms with E-state index in [9.17, 15) is 0 Å². The summed E-state index contributed by atoms with van der Waals surface area (Å²) in [4.78, 5) is 2.47. The third-order valence-electron chi connectivity index (χ3n) is 4.07. The van der Waals surface area contributed by atoms with Gasteiger partial charge in [-0.05, 0) is 55.3 Å². The molecule has 0 radical (unpaired) electrons. The number of likely N-dealkylation sites (tertiary alicyclic amines) is 1. The maximum absolute atomic E-state index is 2.47. The van der Waals surface area contributed by atoms with Crippen LogP contribution in [0.15, 0.2) is 24.3 Å². The highest BCUT2D eigenvalue weighted by molar-refractivity contribution is 5.27. The van der Waals surface area contributed by atoms with Crippen molar-refractivity contribution in [2.75, 3.05) is 20.1 Å². The van der Waals surface area contributed by atoms with Crippen LogP contribution in [0.25, 0.3) is 0 Å². The average Bonchev–Trinajstić information content (AvgIpc) is 2.28. The molecule has 0 saturated carbocycles. The summed E-state index contributed by atoms with van der Waals surface area (Å²) in [6.07, 6.45) is 4.00. The van der Waals surface area contributed by atoms with Gasteiger partial charge in [-0.3, -0.25) is 0 Å². The van der Waals surface area contributed by atoms with Gasteiger partial charge in [0.2, 0.25) is 0 Å². The Morgan fingerprint density at radius 1 is 1.17 bits per heavy atom. The molecule has 1 heterocycles. The molecule has 18 heavy (non-hydrogen) atoms. The van der Waals surface area contributed by atoms with E-state index >= 15 is 0 Å². The van der Waals surface area contributed by atoms with E-state index in [1.54, 1.807) is 0 Å². The highest BCUT2D eigenvalue weighted by Gasteiger charge is 2.18. The van der Waals surface area contributed by atoms with Crippen LogP contribution >= 0.6 is 0 Å². The molecule has 1 atom stereocenters. The predicted octanol–water partition coefficient (Wildman–Crippen LogP) is 3.87. The summed E-state index contributed by atoms with van der Waals surface area (Å²) in [5.74, 6) is 0.851. The Hall–Kier alpha value is -0.820. The molecule has 1 aliphatic rings. The van der Waals surface area contributed by atoms with Gasteiger partial charge in [-0.15, -0.1) is 0 Å². The maximum Gasteiger partial charge on any atom is 0.000979 e. The molecule has 0 bridgehead atoms. The number of nitrogens with zero attached hydrogens (tertiary/aromatic N) is 1. The fourth-order valence-electron chi connectivity index (χ4n) is 2.91. The van der Waals surface area contributed by atoms with Gasteiger partial charge in [-0.25, -0.2) is 0 Å². The highest BCUT2D eigenvalue weighted by Crippen LogP contribution is 2.24. The largest absolute Gasteiger partial charge is 0.306 e. The van der Waals surface area contributed by atoms with Crippen LogP contribution in [0.5, 0.6) is 0 Å². The summed E-state index contributed by atoms with van der Waals surface area (Å²) in [5, 5.41) is 0. The van der Waals surface area contributed by atoms with Crippen molar-refractivity contribution in [1.29, 1.82) is 0 Å². The smallest absolute Gasteiger partial charge is 0.000979 e. The summed E-state index contributed by atoms with van der Waals surface area (Å²) in [7, 11) is 2.24. The lowest BCUT2D eigenvalue weighted by molar-refractivity contribution is 0.209. The van der Waals surface area contributed by atoms with Crippen LogP contribution in [-0.2, 0) is 11.8 Å². The Bertz CT molecular complexity index is 372. The normalized spacial score (nSPS) is 22.1. The first-order chi connectivity index (χ1) is 8.45. The monoisotopic (exact) mass is 245 g/mol. The van der Waals surface area contributed by atoms with Crippen molar-refractivity contribution in [2.45, 2.75) is 45.4 Å². The summed E-state index contributed by atoms with van der Waals surface area (Å²) >= 11 is 0. The Kier molecular flexibility index (Phi) is 4.11. The van der Waals surface area contributed by atoms with Crippen LogP contribution in [0.4, 0.5) is 0 Å². The van der Waals surface area contributed by atoms with Crippen molar-refractivity contribution in [1.82, 2.24) is 4.90 Å². The van der Waals surface area contributed by atoms with Crippen LogP contribution in [-0.4, -0.2) is 25.0 Å². The molecule has 100 valence electrons. The number of hydrogen-bond donors (Lipinski definition) is 0. The molecule has 1 nitrogen and oxygen atoms in total. The number of benzene rings is 1. The lowest BCUT2D eigenvalue weighted by Crippen LogP contribution is -2.32. The van der Waals surface area contributed by atoms with E-state index in [4.69, 9.17) is 0 Å². The van der Waals surface area contributed by atoms with Gasteiger partial charge < -0.3 is 4.90 Å². The van der Waals surface area contributed by atoms with E-state index < -0.39 is 0 Å². The molecule has 1 saturated heterocycles. The van der Waals surface area contributed by atoms with Crippen LogP contribution in [0, 0.1) is 5.92 Å². The Balaban J connectivity index is 1.98. The van der Waals surface area contributed by atoms with Crippen molar-refractivity contribution >= 4 is 0 Å². The van der Waals surface area contributed by atoms with Crippen LogP contribution in [0.2, 0.25) is 0 Å². The van der Waals surface area contributed by atoms with E-state index in [1.807, 2.05) is 0 Å². The molecule has 0 N–H and O–H groups in total. The molecule has 1 aliphatic heterocycles. The number of rotatable bonds is 2. The summed E-state index contributed by atoms with van der Waals surface area (Å²) < 4.78 is 0. The highest BCUT2D eigenvalue weighted by atomic mass is 15.1. The van der Waals surface area contributed by atoms with Crippen molar-refractivity contribution in [3.05, 3.63) is 35.4 Å². The van der Waals surface area contributed by atoms with Gasteiger partial charge in [-0.1, -0.05) is 45.0 Å². The molecule has 1 aromatic rings. The van der Waals surface area contributed by atoms with E-state index in [-0.39, 0.29) is 5.41 Å². The van der Waals surface area contributed by atoms with E-state index in [0.29, 0.717) is 0 Å². The molecule has 1 fully saturated rings. The quantitative estimate of drug-likeness (QED) is 0.764. The summed E-state index contributed by atoms with van der Waals surface area (Å²) in [5.41, 5.74) is 3.21. The first-order valence-electron chi connectivity index (χ1n) is 7.23. The van der Waals surface area contributed by atoms with Gasteiger partial charge in [0.25, 0.3) is 0 Å². The predicted molar refractivity (Wildman–Crippen MR) is 79.1 cm³/mol. The van der Waals surface area contributed by atoms with E-state index in [2.05, 4.69) is 57.0 Å². The third kappa shape index (κ3) is 3.58. The first kappa shape index (κ1) is 13.6. The van der Waals surface area contributed by atoms with Gasteiger partial charge in [0, 0.05) is 6.54 Å². The van der Waals surface area contributed by atoms with Crippen LogP contribution in [0.3, 0.4) is 0 Å². The first-order valence-corrected chi connectivity index (χ1v) is 7.23. The van der Waals surface area contributed by atoms with Gasteiger partial charge in [0.05, 0.1) is 0 Å². The molecule has 0 aromatic heterocycles. The Labute approximate surface area is 112 Å². The fraction of sp³-hybridized carbons (Fsp3) is 0.647. The van der Waals surface area contributed by atoms with Crippen molar-refractivity contribution in [3.63, 3.8) is 0 Å². The van der Waals surface area contributed by atoms with Crippen LogP contribution < -0.4 is 0 Å². The molecule has 0 amide bonds. The Morgan fingerprint density at radius 3 is 2.39 bits per heavy atom. The number of piperidine rings is 1. The third-order valence-corrected chi connectivity index (χ3v) is 4.07.